The molecule has 0 N–H and O–H groups in total. The lowest BCUT2D eigenvalue weighted by Crippen LogP contribution is -2.40. The van der Waals surface area contributed by atoms with Gasteiger partial charge in [0.25, 0.3) is 0 Å². The molecule has 1 rings (SSSR count). The van der Waals surface area contributed by atoms with Crippen LogP contribution in [0.5, 0.6) is 0 Å². The molecule has 6 nitrogen and oxygen atoms in total. The first kappa shape index (κ1) is 18.1. The molecule has 0 atom stereocenters. The van der Waals surface area contributed by atoms with E-state index in [1.165, 1.54) is 0 Å². The molecule has 0 heterocycles. The van der Waals surface area contributed by atoms with E-state index in [4.69, 9.17) is 0 Å². The van der Waals surface area contributed by atoms with Gasteiger partial charge in [0.1, 0.15) is 0 Å². The lowest BCUT2D eigenvalue weighted by Gasteiger charge is -2.52. The molecule has 0 aromatic rings. The topological polar surface area (TPSA) is 126 Å². The number of rotatable bonds is 6. The first-order chi connectivity index (χ1) is 9.01. The summed E-state index contributed by atoms with van der Waals surface area (Å²) < 4.78 is 23.4. The Morgan fingerprint density at radius 2 is 1.25 bits per heavy atom. The van der Waals surface area contributed by atoms with Gasteiger partial charge in [-0.15, -0.1) is 0 Å². The van der Waals surface area contributed by atoms with Gasteiger partial charge < -0.3 is 28.7 Å². The van der Waals surface area contributed by atoms with Crippen LogP contribution in [-0.2, 0) is 9.13 Å². The van der Waals surface area contributed by atoms with Crippen molar-refractivity contribution < 1.29 is 28.7 Å². The van der Waals surface area contributed by atoms with E-state index in [9.17, 15) is 28.7 Å². The van der Waals surface area contributed by atoms with Crippen molar-refractivity contribution in [2.24, 2.45) is 5.41 Å². The summed E-state index contributed by atoms with van der Waals surface area (Å²) in [6, 6.07) is 0. The van der Waals surface area contributed by atoms with Crippen LogP contribution in [0, 0.1) is 5.41 Å². The summed E-state index contributed by atoms with van der Waals surface area (Å²) in [6.45, 7) is 6.73. The standard InChI is InChI=1S/C12H24O6P2/c1-5-9(6-2)10-11(7-3,8-4)12(10,19(13,14)15)20(16,17)18/h5-8H2,1-4H3,(H2,13,14,15)(H2,16,17,18)/p-4. The Morgan fingerprint density at radius 1 is 0.900 bits per heavy atom. The summed E-state index contributed by atoms with van der Waals surface area (Å²) >= 11 is 0. The minimum Gasteiger partial charge on any atom is -0.810 e. The van der Waals surface area contributed by atoms with Crippen LogP contribution in [-0.4, -0.2) is 4.90 Å². The highest BCUT2D eigenvalue weighted by Gasteiger charge is 2.74. The fourth-order valence-electron chi connectivity index (χ4n) is 3.71. The van der Waals surface area contributed by atoms with Crippen LogP contribution >= 0.6 is 15.2 Å². The predicted octanol–water partition coefficient (Wildman–Crippen LogP) is 0.447. The van der Waals surface area contributed by atoms with Crippen molar-refractivity contribution in [3.63, 3.8) is 0 Å². The number of hydrogen-bond acceptors (Lipinski definition) is 6. The molecule has 0 radical (unpaired) electrons. The van der Waals surface area contributed by atoms with E-state index in [1.807, 2.05) is 0 Å². The largest absolute Gasteiger partial charge is 0.810 e. The van der Waals surface area contributed by atoms with Gasteiger partial charge in [0, 0.05) is 5.41 Å². The highest BCUT2D eigenvalue weighted by Crippen LogP contribution is 2.89. The molecule has 1 aliphatic rings. The van der Waals surface area contributed by atoms with Crippen molar-refractivity contribution in [1.82, 2.24) is 0 Å². The lowest BCUT2D eigenvalue weighted by molar-refractivity contribution is -0.332. The minimum absolute atomic E-state index is 0.0571. The molecule has 8 heteroatoms. The SMILES string of the molecule is CCC(CC)=C1C(CC)(CC)C1(P(=O)([O-])[O-])P(=O)([O-])[O-]. The van der Waals surface area contributed by atoms with Crippen LogP contribution in [0.4, 0.5) is 0 Å². The maximum absolute atomic E-state index is 11.7. The fourth-order valence-corrected chi connectivity index (χ4v) is 8.00. The normalized spacial score (nSPS) is 20.9. The van der Waals surface area contributed by atoms with Crippen molar-refractivity contribution in [1.29, 1.82) is 0 Å². The average molecular weight is 322 g/mol. The molecule has 1 fully saturated rings. The molecule has 0 saturated heterocycles. The molecule has 0 aliphatic heterocycles. The fraction of sp³-hybridized carbons (Fsp3) is 0.833. The Balaban J connectivity index is 3.81. The van der Waals surface area contributed by atoms with Crippen molar-refractivity contribution >= 4 is 15.2 Å². The Hall–Kier alpha value is 0.0400. The quantitative estimate of drug-likeness (QED) is 0.516. The third kappa shape index (κ3) is 2.01. The van der Waals surface area contributed by atoms with Gasteiger partial charge in [-0.25, -0.2) is 0 Å². The monoisotopic (exact) mass is 322 g/mol. The zero-order valence-electron chi connectivity index (χ0n) is 12.2. The van der Waals surface area contributed by atoms with E-state index in [0.717, 1.165) is 0 Å². The molecule has 0 aromatic heterocycles. The van der Waals surface area contributed by atoms with Gasteiger partial charge in [0.15, 0.2) is 0 Å². The molecule has 0 bridgehead atoms. The van der Waals surface area contributed by atoms with Gasteiger partial charge >= 0.3 is 0 Å². The maximum atomic E-state index is 11.7. The summed E-state index contributed by atoms with van der Waals surface area (Å²) in [5.74, 6) is 0. The van der Waals surface area contributed by atoms with Gasteiger partial charge in [-0.3, -0.25) is 0 Å². The molecule has 0 spiro atoms. The Labute approximate surface area is 119 Å². The summed E-state index contributed by atoms with van der Waals surface area (Å²) in [5, 5.41) is 0. The summed E-state index contributed by atoms with van der Waals surface area (Å²) in [4.78, 5) is 44.1. The van der Waals surface area contributed by atoms with E-state index < -0.39 is 25.5 Å². The second-order valence-corrected chi connectivity index (χ2v) is 8.83. The van der Waals surface area contributed by atoms with Crippen molar-refractivity contribution in [2.45, 2.75) is 58.3 Å². The molecule has 0 amide bonds. The van der Waals surface area contributed by atoms with Crippen LogP contribution in [0.3, 0.4) is 0 Å². The van der Waals surface area contributed by atoms with Crippen LogP contribution in [0.1, 0.15) is 53.4 Å². The molecule has 1 saturated carbocycles. The summed E-state index contributed by atoms with van der Waals surface area (Å²) in [6.07, 6.45) is 1.14. The van der Waals surface area contributed by atoms with Crippen LogP contribution < -0.4 is 19.6 Å². The van der Waals surface area contributed by atoms with Gasteiger partial charge in [-0.2, -0.15) is 0 Å². The van der Waals surface area contributed by atoms with Gasteiger partial charge in [-0.05, 0) is 31.3 Å². The van der Waals surface area contributed by atoms with E-state index in [2.05, 4.69) is 0 Å². The summed E-state index contributed by atoms with van der Waals surface area (Å²) in [7, 11) is -11.2. The zero-order chi connectivity index (χ0) is 16.0. The first-order valence-electron chi connectivity index (χ1n) is 6.79. The van der Waals surface area contributed by atoms with Crippen molar-refractivity contribution in [3.05, 3.63) is 11.1 Å². The molecule has 118 valence electrons. The van der Waals surface area contributed by atoms with Gasteiger partial charge in [-0.1, -0.05) is 48.5 Å². The smallest absolute Gasteiger partial charge is 0.0565 e. The summed E-state index contributed by atoms with van der Waals surface area (Å²) in [5.41, 5.74) is -0.693. The van der Waals surface area contributed by atoms with Gasteiger partial charge in [0.05, 0.1) is 4.90 Å². The molecule has 1 aliphatic carbocycles. The molecular weight excluding hydrogens is 302 g/mol. The maximum Gasteiger partial charge on any atom is 0.0565 e. The zero-order valence-corrected chi connectivity index (χ0v) is 14.0. The second kappa shape index (κ2) is 5.35. The third-order valence-electron chi connectivity index (χ3n) is 4.64. The molecule has 20 heavy (non-hydrogen) atoms. The minimum atomic E-state index is -5.62. The van der Waals surface area contributed by atoms with Gasteiger partial charge in [0.2, 0.25) is 0 Å². The van der Waals surface area contributed by atoms with E-state index in [0.29, 0.717) is 18.4 Å². The Bertz CT molecular complexity index is 480. The Morgan fingerprint density at radius 3 is 1.40 bits per heavy atom. The van der Waals surface area contributed by atoms with Crippen molar-refractivity contribution in [2.75, 3.05) is 0 Å². The van der Waals surface area contributed by atoms with Crippen molar-refractivity contribution in [3.8, 4) is 0 Å². The van der Waals surface area contributed by atoms with Crippen LogP contribution in [0.25, 0.3) is 0 Å². The van der Waals surface area contributed by atoms with Crippen LogP contribution in [0.2, 0.25) is 0 Å². The second-order valence-electron chi connectivity index (χ2n) is 5.14. The van der Waals surface area contributed by atoms with E-state index in [1.54, 1.807) is 27.7 Å². The van der Waals surface area contributed by atoms with Crippen LogP contribution in [0.15, 0.2) is 11.1 Å². The molecule has 0 aromatic carbocycles. The number of hydrogen-bond donors (Lipinski definition) is 0. The highest BCUT2D eigenvalue weighted by atomic mass is 31.2. The number of allylic oxidation sites excluding steroid dienone is 2. The predicted molar refractivity (Wildman–Crippen MR) is 68.6 cm³/mol. The average Bonchev–Trinajstić information content (AvgIpc) is 2.95. The van der Waals surface area contributed by atoms with E-state index >= 15 is 0 Å². The first-order valence-corrected chi connectivity index (χ1v) is 9.87. The highest BCUT2D eigenvalue weighted by molar-refractivity contribution is 7.71. The Kier molecular flexibility index (Phi) is 4.84. The molecule has 0 unspecified atom stereocenters. The molecular formula is C12H20O6P2-4. The third-order valence-corrected chi connectivity index (χ3v) is 9.00. The lowest BCUT2D eigenvalue weighted by atomic mass is 9.96. The van der Waals surface area contributed by atoms with E-state index in [-0.39, 0.29) is 18.4 Å².